The van der Waals surface area contributed by atoms with E-state index in [2.05, 4.69) is 18.0 Å². The molecule has 0 aromatic carbocycles. The standard InChI is InChI=1S/C18H24N2O/c1-4-14(15-6-5-7-15)8-12(2)18(10-19)17-9-16(21)11-20-13(17)3/h9,11,14-15,21H,4-8H2,1-3H3. The maximum atomic E-state index is 9.63. The van der Waals surface area contributed by atoms with Gasteiger partial charge in [-0.3, -0.25) is 4.98 Å². The number of hydrogen-bond acceptors (Lipinski definition) is 3. The monoisotopic (exact) mass is 284 g/mol. The fourth-order valence-corrected chi connectivity index (χ4v) is 3.21. The molecule has 1 fully saturated rings. The van der Waals surface area contributed by atoms with Crippen LogP contribution in [0.5, 0.6) is 5.75 Å². The van der Waals surface area contributed by atoms with Crippen LogP contribution in [-0.4, -0.2) is 10.1 Å². The lowest BCUT2D eigenvalue weighted by Gasteiger charge is -2.33. The molecule has 0 amide bonds. The third kappa shape index (κ3) is 3.44. The molecule has 0 spiro atoms. The summed E-state index contributed by atoms with van der Waals surface area (Å²) in [6, 6.07) is 3.97. The topological polar surface area (TPSA) is 56.9 Å². The van der Waals surface area contributed by atoms with Crippen molar-refractivity contribution in [2.24, 2.45) is 11.8 Å². The maximum Gasteiger partial charge on any atom is 0.134 e. The van der Waals surface area contributed by atoms with Crippen LogP contribution in [0.2, 0.25) is 0 Å². The van der Waals surface area contributed by atoms with Crippen LogP contribution in [-0.2, 0) is 0 Å². The van der Waals surface area contributed by atoms with Crippen LogP contribution in [0.25, 0.3) is 5.57 Å². The first-order valence-electron chi connectivity index (χ1n) is 7.82. The van der Waals surface area contributed by atoms with Gasteiger partial charge in [0.05, 0.1) is 17.8 Å². The predicted molar refractivity (Wildman–Crippen MR) is 84.6 cm³/mol. The highest BCUT2D eigenvalue weighted by Gasteiger charge is 2.26. The summed E-state index contributed by atoms with van der Waals surface area (Å²) in [4.78, 5) is 4.16. The SMILES string of the molecule is CCC(CC(C)=C(C#N)c1cc(O)cnc1C)C1CCC1. The quantitative estimate of drug-likeness (QED) is 0.803. The highest BCUT2D eigenvalue weighted by Crippen LogP contribution is 2.39. The lowest BCUT2D eigenvalue weighted by Crippen LogP contribution is -2.21. The van der Waals surface area contributed by atoms with Crippen molar-refractivity contribution >= 4 is 5.57 Å². The molecule has 3 heteroatoms. The minimum absolute atomic E-state index is 0.113. The number of rotatable bonds is 5. The molecule has 0 aliphatic heterocycles. The first kappa shape index (κ1) is 15.6. The lowest BCUT2D eigenvalue weighted by molar-refractivity contribution is 0.199. The molecule has 1 saturated carbocycles. The van der Waals surface area contributed by atoms with Gasteiger partial charge in [-0.2, -0.15) is 5.26 Å². The first-order valence-corrected chi connectivity index (χ1v) is 7.82. The van der Waals surface area contributed by atoms with Crippen molar-refractivity contribution < 1.29 is 5.11 Å². The zero-order valence-corrected chi connectivity index (χ0v) is 13.2. The van der Waals surface area contributed by atoms with Crippen LogP contribution >= 0.6 is 0 Å². The smallest absolute Gasteiger partial charge is 0.134 e. The van der Waals surface area contributed by atoms with Gasteiger partial charge in [-0.05, 0) is 38.2 Å². The molecule has 0 saturated heterocycles. The Labute approximate surface area is 127 Å². The van der Waals surface area contributed by atoms with Crippen molar-refractivity contribution in [3.63, 3.8) is 0 Å². The average molecular weight is 284 g/mol. The van der Waals surface area contributed by atoms with E-state index < -0.39 is 0 Å². The normalized spacial score (nSPS) is 17.6. The Balaban J connectivity index is 2.28. The van der Waals surface area contributed by atoms with E-state index in [0.717, 1.165) is 35.6 Å². The van der Waals surface area contributed by atoms with Crippen molar-refractivity contribution in [3.05, 3.63) is 29.1 Å². The maximum absolute atomic E-state index is 9.63. The van der Waals surface area contributed by atoms with Gasteiger partial charge >= 0.3 is 0 Å². The minimum atomic E-state index is 0.113. The number of nitriles is 1. The van der Waals surface area contributed by atoms with E-state index in [9.17, 15) is 10.4 Å². The fourth-order valence-electron chi connectivity index (χ4n) is 3.21. The van der Waals surface area contributed by atoms with Gasteiger partial charge in [0.25, 0.3) is 0 Å². The molecule has 1 atom stereocenters. The molecule has 1 heterocycles. The van der Waals surface area contributed by atoms with Gasteiger partial charge in [0.2, 0.25) is 0 Å². The third-order valence-corrected chi connectivity index (χ3v) is 4.79. The van der Waals surface area contributed by atoms with Crippen LogP contribution in [0.3, 0.4) is 0 Å². The van der Waals surface area contributed by atoms with E-state index in [1.165, 1.54) is 25.5 Å². The first-order chi connectivity index (χ1) is 10.1. The van der Waals surface area contributed by atoms with E-state index in [1.54, 1.807) is 6.07 Å². The molecule has 3 nitrogen and oxygen atoms in total. The Morgan fingerprint density at radius 3 is 2.76 bits per heavy atom. The molecule has 21 heavy (non-hydrogen) atoms. The van der Waals surface area contributed by atoms with Crippen molar-refractivity contribution in [1.29, 1.82) is 5.26 Å². The summed E-state index contributed by atoms with van der Waals surface area (Å²) in [6.45, 7) is 6.16. The molecule has 1 aliphatic carbocycles. The molecular formula is C18H24N2O. The second-order valence-corrected chi connectivity index (χ2v) is 6.16. The Morgan fingerprint density at radius 2 is 2.24 bits per heavy atom. The number of aromatic nitrogens is 1. The lowest BCUT2D eigenvalue weighted by atomic mass is 9.72. The van der Waals surface area contributed by atoms with Crippen LogP contribution in [0.4, 0.5) is 0 Å². The molecule has 1 aromatic heterocycles. The summed E-state index contributed by atoms with van der Waals surface area (Å²) in [5.74, 6) is 1.61. The summed E-state index contributed by atoms with van der Waals surface area (Å²) >= 11 is 0. The van der Waals surface area contributed by atoms with Crippen molar-refractivity contribution in [2.45, 2.75) is 52.9 Å². The molecule has 1 aromatic rings. The van der Waals surface area contributed by atoms with E-state index >= 15 is 0 Å². The van der Waals surface area contributed by atoms with Gasteiger partial charge in [-0.15, -0.1) is 0 Å². The summed E-state index contributed by atoms with van der Waals surface area (Å²) in [5, 5.41) is 19.2. The van der Waals surface area contributed by atoms with E-state index in [-0.39, 0.29) is 5.75 Å². The Kier molecular flexibility index (Phi) is 5.01. The Bertz CT molecular complexity index is 579. The molecule has 1 aliphatic rings. The second kappa shape index (κ2) is 6.76. The van der Waals surface area contributed by atoms with Crippen LogP contribution < -0.4 is 0 Å². The Hall–Kier alpha value is -1.82. The largest absolute Gasteiger partial charge is 0.506 e. The third-order valence-electron chi connectivity index (χ3n) is 4.79. The summed E-state index contributed by atoms with van der Waals surface area (Å²) < 4.78 is 0. The van der Waals surface area contributed by atoms with Crippen molar-refractivity contribution in [1.82, 2.24) is 4.98 Å². The molecule has 2 rings (SSSR count). The number of aryl methyl sites for hydroxylation is 1. The number of nitrogens with zero attached hydrogens (tertiary/aromatic N) is 2. The number of hydrogen-bond donors (Lipinski definition) is 1. The molecule has 0 radical (unpaired) electrons. The van der Waals surface area contributed by atoms with Crippen LogP contribution in [0, 0.1) is 30.1 Å². The predicted octanol–water partition coefficient (Wildman–Crippen LogP) is 4.61. The number of allylic oxidation sites excluding steroid dienone is 2. The summed E-state index contributed by atoms with van der Waals surface area (Å²) in [7, 11) is 0. The summed E-state index contributed by atoms with van der Waals surface area (Å²) in [5.41, 5.74) is 3.35. The molecular weight excluding hydrogens is 260 g/mol. The van der Waals surface area contributed by atoms with Gasteiger partial charge in [-0.1, -0.05) is 38.2 Å². The molecule has 0 bridgehead atoms. The second-order valence-electron chi connectivity index (χ2n) is 6.16. The van der Waals surface area contributed by atoms with Gasteiger partial charge < -0.3 is 5.11 Å². The van der Waals surface area contributed by atoms with E-state index in [0.29, 0.717) is 11.5 Å². The highest BCUT2D eigenvalue weighted by molar-refractivity contribution is 5.80. The van der Waals surface area contributed by atoms with Crippen molar-refractivity contribution in [3.8, 4) is 11.8 Å². The fraction of sp³-hybridized carbons (Fsp3) is 0.556. The summed E-state index contributed by atoms with van der Waals surface area (Å²) in [6.07, 6.45) is 7.58. The van der Waals surface area contributed by atoms with Crippen LogP contribution in [0.15, 0.2) is 17.8 Å². The van der Waals surface area contributed by atoms with Gasteiger partial charge in [-0.25, -0.2) is 0 Å². The van der Waals surface area contributed by atoms with Crippen molar-refractivity contribution in [2.75, 3.05) is 0 Å². The zero-order valence-electron chi connectivity index (χ0n) is 13.2. The molecule has 1 N–H and O–H groups in total. The van der Waals surface area contributed by atoms with Gasteiger partial charge in [0, 0.05) is 11.3 Å². The highest BCUT2D eigenvalue weighted by atomic mass is 16.3. The number of pyridine rings is 1. The number of aromatic hydroxyl groups is 1. The molecule has 1 unspecified atom stereocenters. The Morgan fingerprint density at radius 1 is 1.52 bits per heavy atom. The van der Waals surface area contributed by atoms with Gasteiger partial charge in [0.1, 0.15) is 5.75 Å². The average Bonchev–Trinajstić information content (AvgIpc) is 2.40. The van der Waals surface area contributed by atoms with Gasteiger partial charge in [0.15, 0.2) is 0 Å². The van der Waals surface area contributed by atoms with Crippen LogP contribution in [0.1, 0.15) is 57.2 Å². The minimum Gasteiger partial charge on any atom is -0.506 e. The van der Waals surface area contributed by atoms with E-state index in [1.807, 2.05) is 13.8 Å². The van der Waals surface area contributed by atoms with E-state index in [4.69, 9.17) is 0 Å². The zero-order chi connectivity index (χ0) is 15.4. The molecule has 112 valence electrons.